The van der Waals surface area contributed by atoms with Gasteiger partial charge >= 0.3 is 0 Å². The number of benzene rings is 1. The molecule has 6 nitrogen and oxygen atoms in total. The lowest BCUT2D eigenvalue weighted by Gasteiger charge is -2.26. The molecule has 0 radical (unpaired) electrons. The average Bonchev–Trinajstić information content (AvgIpc) is 2.98. The van der Waals surface area contributed by atoms with Crippen LogP contribution in [-0.4, -0.2) is 26.3 Å². The van der Waals surface area contributed by atoms with Gasteiger partial charge < -0.3 is 5.32 Å². The summed E-state index contributed by atoms with van der Waals surface area (Å²) in [5.41, 5.74) is 1.03. The van der Waals surface area contributed by atoms with Crippen molar-refractivity contribution in [3.8, 4) is 0 Å². The van der Waals surface area contributed by atoms with Crippen LogP contribution >= 0.6 is 11.6 Å². The highest BCUT2D eigenvalue weighted by Crippen LogP contribution is 2.26. The van der Waals surface area contributed by atoms with Crippen molar-refractivity contribution in [2.45, 2.75) is 45.6 Å². The zero-order chi connectivity index (χ0) is 19.1. The van der Waals surface area contributed by atoms with Crippen molar-refractivity contribution in [3.63, 3.8) is 0 Å². The number of H-pyrrole nitrogens is 1. The molecule has 0 aliphatic rings. The van der Waals surface area contributed by atoms with Crippen molar-refractivity contribution in [2.75, 3.05) is 11.9 Å². The molecule has 0 bridgehead atoms. The molecule has 0 unspecified atom stereocenters. The molecule has 0 fully saturated rings. The summed E-state index contributed by atoms with van der Waals surface area (Å²) in [5, 5.41) is 8.77. The fraction of sp³-hybridized carbons (Fsp3) is 0.421. The molecule has 0 spiro atoms. The number of halogens is 1. The highest BCUT2D eigenvalue weighted by molar-refractivity contribution is 6.30. The fourth-order valence-electron chi connectivity index (χ4n) is 2.81. The molecule has 0 amide bonds. The van der Waals surface area contributed by atoms with Crippen LogP contribution < -0.4 is 10.9 Å². The average molecular weight is 374 g/mol. The molecule has 0 aliphatic heterocycles. The van der Waals surface area contributed by atoms with Crippen molar-refractivity contribution in [1.29, 1.82) is 0 Å². The monoisotopic (exact) mass is 373 g/mol. The third kappa shape index (κ3) is 3.60. The Hall–Kier alpha value is -2.34. The van der Waals surface area contributed by atoms with Crippen molar-refractivity contribution in [3.05, 3.63) is 51.4 Å². The summed E-state index contributed by atoms with van der Waals surface area (Å²) in [6.45, 7) is 10.9. The summed E-state index contributed by atoms with van der Waals surface area (Å²) < 4.78 is 1.77. The maximum absolute atomic E-state index is 12.4. The van der Waals surface area contributed by atoms with Crippen LogP contribution in [0.1, 0.15) is 40.2 Å². The molecular weight excluding hydrogens is 350 g/mol. The topological polar surface area (TPSA) is 75.6 Å². The smallest absolute Gasteiger partial charge is 0.263 e. The Bertz CT molecular complexity index is 997. The number of anilines is 1. The van der Waals surface area contributed by atoms with Crippen molar-refractivity contribution in [1.82, 2.24) is 19.7 Å². The summed E-state index contributed by atoms with van der Waals surface area (Å²) in [6.07, 6.45) is 1.56. The first kappa shape index (κ1) is 18.5. The van der Waals surface area contributed by atoms with Gasteiger partial charge in [0.15, 0.2) is 5.65 Å². The molecule has 0 saturated heterocycles. The summed E-state index contributed by atoms with van der Waals surface area (Å²) >= 11 is 6.11. The van der Waals surface area contributed by atoms with E-state index < -0.39 is 0 Å². The Balaban J connectivity index is 1.90. The number of nitrogens with zero attached hydrogens (tertiary/aromatic N) is 3. The number of hydrogen-bond donors (Lipinski definition) is 2. The van der Waals surface area contributed by atoms with Gasteiger partial charge in [0.25, 0.3) is 5.56 Å². The Labute approximate surface area is 157 Å². The van der Waals surface area contributed by atoms with Gasteiger partial charge in [-0.1, -0.05) is 37.6 Å². The maximum atomic E-state index is 12.4. The number of fused-ring (bicyclic) bond motifs is 1. The largest absolute Gasteiger partial charge is 0.355 e. The molecular formula is C19H24ClN5O. The lowest BCUT2D eigenvalue weighted by Crippen LogP contribution is -2.29. The predicted octanol–water partition coefficient (Wildman–Crippen LogP) is 3.92. The highest BCUT2D eigenvalue weighted by Gasteiger charge is 2.23. The van der Waals surface area contributed by atoms with Gasteiger partial charge in [-0.15, -0.1) is 0 Å². The van der Waals surface area contributed by atoms with E-state index in [1.165, 1.54) is 0 Å². The van der Waals surface area contributed by atoms with E-state index in [1.807, 2.05) is 45.0 Å². The van der Waals surface area contributed by atoms with Gasteiger partial charge in [0, 0.05) is 17.0 Å². The van der Waals surface area contributed by atoms with Crippen LogP contribution in [0.25, 0.3) is 11.0 Å². The Kier molecular flexibility index (Phi) is 4.56. The van der Waals surface area contributed by atoms with Gasteiger partial charge in [-0.25, -0.2) is 4.68 Å². The van der Waals surface area contributed by atoms with E-state index >= 15 is 0 Å². The van der Waals surface area contributed by atoms with E-state index in [0.29, 0.717) is 28.5 Å². The second kappa shape index (κ2) is 6.43. The van der Waals surface area contributed by atoms with Crippen LogP contribution in [0.4, 0.5) is 5.95 Å². The minimum Gasteiger partial charge on any atom is -0.355 e. The zero-order valence-corrected chi connectivity index (χ0v) is 16.5. The fourth-order valence-corrected chi connectivity index (χ4v) is 3.00. The van der Waals surface area contributed by atoms with Crippen LogP contribution in [0.15, 0.2) is 35.3 Å². The van der Waals surface area contributed by atoms with E-state index in [2.05, 4.69) is 34.2 Å². The molecule has 0 saturated carbocycles. The molecule has 3 rings (SSSR count). The second-order valence-corrected chi connectivity index (χ2v) is 8.56. The van der Waals surface area contributed by atoms with Gasteiger partial charge in [-0.05, 0) is 38.5 Å². The van der Waals surface area contributed by atoms with E-state index in [1.54, 1.807) is 10.9 Å². The number of nitrogens with one attached hydrogen (secondary N) is 2. The van der Waals surface area contributed by atoms with Gasteiger partial charge in [0.05, 0.1) is 11.7 Å². The number of rotatable bonds is 4. The summed E-state index contributed by atoms with van der Waals surface area (Å²) in [7, 11) is 0. The molecule has 3 aromatic rings. The molecule has 26 heavy (non-hydrogen) atoms. The molecule has 2 N–H and O–H groups in total. The van der Waals surface area contributed by atoms with Crippen LogP contribution in [0.2, 0.25) is 5.02 Å². The zero-order valence-electron chi connectivity index (χ0n) is 15.7. The molecule has 0 aliphatic carbocycles. The molecule has 7 heteroatoms. The minimum absolute atomic E-state index is 0.192. The molecule has 0 atom stereocenters. The van der Waals surface area contributed by atoms with Crippen molar-refractivity contribution in [2.24, 2.45) is 0 Å². The highest BCUT2D eigenvalue weighted by atomic mass is 35.5. The quantitative estimate of drug-likeness (QED) is 0.726. The van der Waals surface area contributed by atoms with Crippen LogP contribution in [0.3, 0.4) is 0 Å². The first-order valence-corrected chi connectivity index (χ1v) is 8.94. The molecule has 138 valence electrons. The van der Waals surface area contributed by atoms with Crippen molar-refractivity contribution < 1.29 is 0 Å². The second-order valence-electron chi connectivity index (χ2n) is 8.13. The predicted molar refractivity (Wildman–Crippen MR) is 106 cm³/mol. The first-order valence-electron chi connectivity index (χ1n) is 8.56. The summed E-state index contributed by atoms with van der Waals surface area (Å²) in [5.74, 6) is 0.434. The first-order chi connectivity index (χ1) is 12.1. The van der Waals surface area contributed by atoms with E-state index in [0.717, 1.165) is 5.56 Å². The van der Waals surface area contributed by atoms with Crippen molar-refractivity contribution >= 4 is 28.6 Å². The summed E-state index contributed by atoms with van der Waals surface area (Å²) in [6, 6.07) is 7.79. The molecule has 2 aromatic heterocycles. The Morgan fingerprint density at radius 2 is 1.96 bits per heavy atom. The third-order valence-corrected chi connectivity index (χ3v) is 4.61. The van der Waals surface area contributed by atoms with Gasteiger partial charge in [-0.3, -0.25) is 9.78 Å². The lowest BCUT2D eigenvalue weighted by atomic mass is 9.85. The van der Waals surface area contributed by atoms with Crippen LogP contribution in [-0.2, 0) is 11.0 Å². The number of aromatic amines is 1. The van der Waals surface area contributed by atoms with Gasteiger partial charge in [-0.2, -0.15) is 10.1 Å². The number of hydrogen-bond acceptors (Lipinski definition) is 4. The van der Waals surface area contributed by atoms with E-state index in [9.17, 15) is 4.79 Å². The molecule has 2 heterocycles. The Morgan fingerprint density at radius 1 is 1.23 bits per heavy atom. The summed E-state index contributed by atoms with van der Waals surface area (Å²) in [4.78, 5) is 19.8. The number of aromatic nitrogens is 4. The van der Waals surface area contributed by atoms with Gasteiger partial charge in [0.2, 0.25) is 5.95 Å². The standard InChI is InChI=1S/C19H24ClN5O/c1-18(2,3)25-15-14(10-22-25)16(26)24-17(23-15)21-11-19(4,5)12-7-6-8-13(20)9-12/h6-10H,11H2,1-5H3,(H2,21,23,24,26). The van der Waals surface area contributed by atoms with E-state index in [4.69, 9.17) is 11.6 Å². The maximum Gasteiger partial charge on any atom is 0.263 e. The molecule has 1 aromatic carbocycles. The van der Waals surface area contributed by atoms with Gasteiger partial charge in [0.1, 0.15) is 5.39 Å². The lowest BCUT2D eigenvalue weighted by molar-refractivity contribution is 0.366. The van der Waals surface area contributed by atoms with E-state index in [-0.39, 0.29) is 16.5 Å². The third-order valence-electron chi connectivity index (χ3n) is 4.38. The minimum atomic E-state index is -0.264. The van der Waals surface area contributed by atoms with Crippen LogP contribution in [0, 0.1) is 0 Å². The van der Waals surface area contributed by atoms with Crippen LogP contribution in [0.5, 0.6) is 0 Å². The SMILES string of the molecule is CC(C)(CNc1nc2c(cnn2C(C)(C)C)c(=O)[nH]1)c1cccc(Cl)c1. The Morgan fingerprint density at radius 3 is 2.62 bits per heavy atom. The normalized spacial score (nSPS) is 12.5.